The SMILES string of the molecule is CCOc1cc(/C=N/NC(=O)c2ccccc2OCc2ccccc2Cl)ccc1OCc1ccccc1. The second-order valence-corrected chi connectivity index (χ2v) is 8.40. The van der Waals surface area contributed by atoms with Crippen LogP contribution in [0.2, 0.25) is 5.02 Å². The molecule has 1 N–H and O–H groups in total. The Bertz CT molecular complexity index is 1360. The fourth-order valence-corrected chi connectivity index (χ4v) is 3.69. The number of benzene rings is 4. The second kappa shape index (κ2) is 13.1. The number of ether oxygens (including phenoxy) is 3. The molecule has 188 valence electrons. The average Bonchev–Trinajstić information content (AvgIpc) is 2.93. The van der Waals surface area contributed by atoms with Gasteiger partial charge in [-0.25, -0.2) is 5.43 Å². The van der Waals surface area contributed by atoms with Gasteiger partial charge < -0.3 is 14.2 Å². The van der Waals surface area contributed by atoms with Crippen molar-refractivity contribution in [3.8, 4) is 17.2 Å². The van der Waals surface area contributed by atoms with Crippen molar-refractivity contribution in [2.75, 3.05) is 6.61 Å². The molecule has 37 heavy (non-hydrogen) atoms. The van der Waals surface area contributed by atoms with E-state index in [1.54, 1.807) is 36.5 Å². The first-order valence-corrected chi connectivity index (χ1v) is 12.2. The minimum absolute atomic E-state index is 0.242. The van der Waals surface area contributed by atoms with Crippen molar-refractivity contribution in [1.29, 1.82) is 0 Å². The maximum absolute atomic E-state index is 12.8. The largest absolute Gasteiger partial charge is 0.490 e. The average molecular weight is 515 g/mol. The van der Waals surface area contributed by atoms with E-state index < -0.39 is 0 Å². The molecule has 6 nitrogen and oxygen atoms in total. The lowest BCUT2D eigenvalue weighted by Crippen LogP contribution is -2.18. The molecule has 0 unspecified atom stereocenters. The molecule has 0 atom stereocenters. The van der Waals surface area contributed by atoms with Crippen LogP contribution in [0.1, 0.15) is 34.0 Å². The van der Waals surface area contributed by atoms with Gasteiger partial charge in [0.25, 0.3) is 5.91 Å². The normalized spacial score (nSPS) is 10.8. The third kappa shape index (κ3) is 7.35. The van der Waals surface area contributed by atoms with Crippen LogP contribution in [0.5, 0.6) is 17.2 Å². The molecule has 0 aromatic heterocycles. The lowest BCUT2D eigenvalue weighted by atomic mass is 10.2. The van der Waals surface area contributed by atoms with Gasteiger partial charge in [-0.3, -0.25) is 4.79 Å². The number of halogens is 1. The van der Waals surface area contributed by atoms with E-state index in [2.05, 4.69) is 10.5 Å². The molecule has 0 fully saturated rings. The summed E-state index contributed by atoms with van der Waals surface area (Å²) in [6.45, 7) is 3.08. The molecule has 0 aliphatic rings. The number of para-hydroxylation sites is 1. The highest BCUT2D eigenvalue weighted by Crippen LogP contribution is 2.29. The van der Waals surface area contributed by atoms with Gasteiger partial charge in [0.15, 0.2) is 11.5 Å². The van der Waals surface area contributed by atoms with Crippen LogP contribution in [-0.2, 0) is 13.2 Å². The molecule has 4 aromatic carbocycles. The molecule has 7 heteroatoms. The van der Waals surface area contributed by atoms with Crippen molar-refractivity contribution in [2.24, 2.45) is 5.10 Å². The summed E-state index contributed by atoms with van der Waals surface area (Å²) in [6, 6.07) is 29.8. The molecular weight excluding hydrogens is 488 g/mol. The van der Waals surface area contributed by atoms with Gasteiger partial charge in [0.1, 0.15) is 19.0 Å². The van der Waals surface area contributed by atoms with Gasteiger partial charge >= 0.3 is 0 Å². The van der Waals surface area contributed by atoms with Crippen LogP contribution in [0.25, 0.3) is 0 Å². The van der Waals surface area contributed by atoms with Crippen LogP contribution in [-0.4, -0.2) is 18.7 Å². The number of carbonyl (C=O) groups is 1. The van der Waals surface area contributed by atoms with Gasteiger partial charge in [-0.05, 0) is 54.4 Å². The molecule has 0 bridgehead atoms. The highest BCUT2D eigenvalue weighted by molar-refractivity contribution is 6.31. The van der Waals surface area contributed by atoms with Crippen LogP contribution in [0.4, 0.5) is 0 Å². The van der Waals surface area contributed by atoms with Gasteiger partial charge in [0.05, 0.1) is 18.4 Å². The maximum atomic E-state index is 12.8. The summed E-state index contributed by atoms with van der Waals surface area (Å²) in [6.07, 6.45) is 1.55. The van der Waals surface area contributed by atoms with Gasteiger partial charge in [0, 0.05) is 10.6 Å². The summed E-state index contributed by atoms with van der Waals surface area (Å²) in [5.74, 6) is 1.29. The van der Waals surface area contributed by atoms with E-state index in [0.717, 1.165) is 16.7 Å². The van der Waals surface area contributed by atoms with E-state index in [9.17, 15) is 4.79 Å². The van der Waals surface area contributed by atoms with Crippen molar-refractivity contribution in [3.05, 3.63) is 124 Å². The number of carbonyl (C=O) groups excluding carboxylic acids is 1. The lowest BCUT2D eigenvalue weighted by Gasteiger charge is -2.13. The zero-order valence-corrected chi connectivity index (χ0v) is 21.2. The molecule has 0 saturated heterocycles. The summed E-state index contributed by atoms with van der Waals surface area (Å²) in [5, 5.41) is 4.73. The molecule has 0 heterocycles. The van der Waals surface area contributed by atoms with Gasteiger partial charge in [-0.2, -0.15) is 5.10 Å². The minimum Gasteiger partial charge on any atom is -0.490 e. The summed E-state index contributed by atoms with van der Waals surface area (Å²) in [7, 11) is 0. The number of hydrogen-bond donors (Lipinski definition) is 1. The van der Waals surface area contributed by atoms with E-state index in [-0.39, 0.29) is 12.5 Å². The number of nitrogens with one attached hydrogen (secondary N) is 1. The minimum atomic E-state index is -0.390. The van der Waals surface area contributed by atoms with Crippen LogP contribution in [0.15, 0.2) is 102 Å². The standard InChI is InChI=1S/C30H27ClN2O4/c1-2-35-29-18-23(16-17-28(29)36-20-22-10-4-3-5-11-22)19-32-33-30(34)25-13-7-9-15-27(25)37-21-24-12-6-8-14-26(24)31/h3-19H,2,20-21H2,1H3,(H,33,34)/b32-19+. The number of amides is 1. The van der Waals surface area contributed by atoms with Crippen molar-refractivity contribution >= 4 is 23.7 Å². The van der Waals surface area contributed by atoms with Crippen molar-refractivity contribution in [2.45, 2.75) is 20.1 Å². The fourth-order valence-electron chi connectivity index (χ4n) is 3.50. The van der Waals surface area contributed by atoms with E-state index in [1.807, 2.05) is 73.7 Å². The number of hydrazone groups is 1. The molecule has 0 saturated carbocycles. The molecule has 0 radical (unpaired) electrons. The Morgan fingerprint density at radius 3 is 2.35 bits per heavy atom. The van der Waals surface area contributed by atoms with Crippen molar-refractivity contribution in [3.63, 3.8) is 0 Å². The quantitative estimate of drug-likeness (QED) is 0.179. The Balaban J connectivity index is 1.39. The first kappa shape index (κ1) is 25.8. The zero-order chi connectivity index (χ0) is 25.9. The Labute approximate surface area is 221 Å². The number of rotatable bonds is 11. The zero-order valence-electron chi connectivity index (χ0n) is 20.4. The van der Waals surface area contributed by atoms with Crippen LogP contribution >= 0.6 is 11.6 Å². The van der Waals surface area contributed by atoms with E-state index in [1.165, 1.54) is 0 Å². The highest BCUT2D eigenvalue weighted by atomic mass is 35.5. The Kier molecular flexibility index (Phi) is 9.16. The third-order valence-electron chi connectivity index (χ3n) is 5.36. The third-order valence-corrected chi connectivity index (χ3v) is 5.73. The molecular formula is C30H27ClN2O4. The predicted octanol–water partition coefficient (Wildman–Crippen LogP) is 6.66. The lowest BCUT2D eigenvalue weighted by molar-refractivity contribution is 0.0950. The maximum Gasteiger partial charge on any atom is 0.275 e. The molecule has 0 aliphatic heterocycles. The molecule has 0 spiro atoms. The van der Waals surface area contributed by atoms with E-state index >= 15 is 0 Å². The molecule has 4 rings (SSSR count). The smallest absolute Gasteiger partial charge is 0.275 e. The van der Waals surface area contributed by atoms with Gasteiger partial charge in [0.2, 0.25) is 0 Å². The first-order valence-electron chi connectivity index (χ1n) is 11.9. The van der Waals surface area contributed by atoms with E-state index in [4.69, 9.17) is 25.8 Å². The molecule has 4 aromatic rings. The summed E-state index contributed by atoms with van der Waals surface area (Å²) >= 11 is 6.21. The van der Waals surface area contributed by atoms with Gasteiger partial charge in [-0.15, -0.1) is 0 Å². The molecule has 1 amide bonds. The number of hydrogen-bond acceptors (Lipinski definition) is 5. The van der Waals surface area contributed by atoms with E-state index in [0.29, 0.717) is 41.0 Å². The van der Waals surface area contributed by atoms with Crippen LogP contribution in [0.3, 0.4) is 0 Å². The Morgan fingerprint density at radius 2 is 1.54 bits per heavy atom. The Morgan fingerprint density at radius 1 is 0.811 bits per heavy atom. The van der Waals surface area contributed by atoms with Crippen molar-refractivity contribution < 1.29 is 19.0 Å². The number of nitrogens with zero attached hydrogens (tertiary/aromatic N) is 1. The first-order chi connectivity index (χ1) is 18.1. The summed E-state index contributed by atoms with van der Waals surface area (Å²) in [5.41, 5.74) is 5.58. The summed E-state index contributed by atoms with van der Waals surface area (Å²) < 4.78 is 17.6. The Hall–Kier alpha value is -4.29. The monoisotopic (exact) mass is 514 g/mol. The molecule has 0 aliphatic carbocycles. The second-order valence-electron chi connectivity index (χ2n) is 7.99. The highest BCUT2D eigenvalue weighted by Gasteiger charge is 2.12. The van der Waals surface area contributed by atoms with Crippen LogP contribution < -0.4 is 19.6 Å². The fraction of sp³-hybridized carbons (Fsp3) is 0.133. The van der Waals surface area contributed by atoms with Crippen molar-refractivity contribution in [1.82, 2.24) is 5.43 Å². The summed E-state index contributed by atoms with van der Waals surface area (Å²) in [4.78, 5) is 12.8. The van der Waals surface area contributed by atoms with Crippen LogP contribution in [0, 0.1) is 0 Å². The topological polar surface area (TPSA) is 69.2 Å². The predicted molar refractivity (Wildman–Crippen MR) is 146 cm³/mol. The van der Waals surface area contributed by atoms with Gasteiger partial charge in [-0.1, -0.05) is 72.3 Å².